The van der Waals surface area contributed by atoms with E-state index < -0.39 is 0 Å². The van der Waals surface area contributed by atoms with Gasteiger partial charge in [0.05, 0.1) is 6.10 Å². The molecule has 4 heteroatoms. The van der Waals surface area contributed by atoms with Crippen LogP contribution in [-0.4, -0.2) is 46.8 Å². The summed E-state index contributed by atoms with van der Waals surface area (Å²) >= 11 is 0. The van der Waals surface area contributed by atoms with Gasteiger partial charge >= 0.3 is 0 Å². The lowest BCUT2D eigenvalue weighted by Gasteiger charge is -2.53. The van der Waals surface area contributed by atoms with Gasteiger partial charge in [-0.15, -0.1) is 12.4 Å². The van der Waals surface area contributed by atoms with Gasteiger partial charge in [-0.1, -0.05) is 30.3 Å². The highest BCUT2D eigenvalue weighted by Crippen LogP contribution is 2.37. The Labute approximate surface area is 154 Å². The fraction of sp³-hybridized carbons (Fsp3) is 0.700. The second kappa shape index (κ2) is 9.19. The van der Waals surface area contributed by atoms with Gasteiger partial charge in [0, 0.05) is 24.2 Å². The maximum atomic E-state index is 10.5. The molecule has 2 rings (SSSR count). The van der Waals surface area contributed by atoms with Crippen molar-refractivity contribution in [2.75, 3.05) is 19.6 Å². The van der Waals surface area contributed by atoms with Crippen LogP contribution >= 0.6 is 12.4 Å². The standard InChI is InChI=1S/C20H34N2O.ClH/c1-19(2)12-8-13-20(3,4)22(19)16-18(23)15-21-14-11-17-9-6-5-7-10-17;/h5-7,9-10,18,21,23H,8,11-16H2,1-4H3;1H. The number of aliphatic hydroxyl groups excluding tert-OH is 1. The van der Waals surface area contributed by atoms with E-state index in [1.54, 1.807) is 0 Å². The third kappa shape index (κ3) is 6.03. The second-order valence-electron chi connectivity index (χ2n) is 8.18. The van der Waals surface area contributed by atoms with Gasteiger partial charge in [0.25, 0.3) is 0 Å². The van der Waals surface area contributed by atoms with Crippen LogP contribution in [0, 0.1) is 0 Å². The fourth-order valence-electron chi connectivity index (χ4n) is 3.96. The summed E-state index contributed by atoms with van der Waals surface area (Å²) in [5.41, 5.74) is 1.69. The zero-order chi connectivity index (χ0) is 16.9. The van der Waals surface area contributed by atoms with Crippen LogP contribution in [0.2, 0.25) is 0 Å². The van der Waals surface area contributed by atoms with Gasteiger partial charge in [0.1, 0.15) is 0 Å². The molecule has 1 saturated heterocycles. The minimum atomic E-state index is -0.317. The Hall–Kier alpha value is -0.610. The molecule has 0 radical (unpaired) electrons. The molecule has 3 nitrogen and oxygen atoms in total. The van der Waals surface area contributed by atoms with Crippen molar-refractivity contribution in [2.24, 2.45) is 0 Å². The number of nitrogens with zero attached hydrogens (tertiary/aromatic N) is 1. The number of piperidine rings is 1. The molecule has 1 atom stereocenters. The molecular formula is C20H35ClN2O. The third-order valence-electron chi connectivity index (χ3n) is 5.25. The van der Waals surface area contributed by atoms with Crippen molar-refractivity contribution in [3.8, 4) is 0 Å². The molecule has 1 aromatic rings. The highest BCUT2D eigenvalue weighted by atomic mass is 35.5. The maximum Gasteiger partial charge on any atom is 0.0791 e. The van der Waals surface area contributed by atoms with Crippen LogP contribution in [0.4, 0.5) is 0 Å². The third-order valence-corrected chi connectivity index (χ3v) is 5.25. The molecule has 0 aliphatic carbocycles. The molecular weight excluding hydrogens is 320 g/mol. The van der Waals surface area contributed by atoms with E-state index >= 15 is 0 Å². The molecule has 0 aromatic heterocycles. The van der Waals surface area contributed by atoms with Gasteiger partial charge in [0.15, 0.2) is 0 Å². The van der Waals surface area contributed by atoms with Crippen LogP contribution in [0.15, 0.2) is 30.3 Å². The van der Waals surface area contributed by atoms with E-state index in [2.05, 4.69) is 62.2 Å². The van der Waals surface area contributed by atoms with Crippen molar-refractivity contribution >= 4 is 12.4 Å². The number of aliphatic hydroxyl groups is 1. The van der Waals surface area contributed by atoms with Crippen LogP contribution in [0.1, 0.15) is 52.5 Å². The Morgan fingerprint density at radius 2 is 1.67 bits per heavy atom. The lowest BCUT2D eigenvalue weighted by molar-refractivity contribution is -0.0534. The summed E-state index contributed by atoms with van der Waals surface area (Å²) in [5, 5.41) is 13.9. The molecule has 1 heterocycles. The van der Waals surface area contributed by atoms with E-state index in [0.29, 0.717) is 6.54 Å². The van der Waals surface area contributed by atoms with Crippen molar-refractivity contribution < 1.29 is 5.11 Å². The molecule has 0 bridgehead atoms. The fourth-order valence-corrected chi connectivity index (χ4v) is 3.96. The molecule has 1 aromatic carbocycles. The monoisotopic (exact) mass is 354 g/mol. The number of β-amino-alcohol motifs (C(OH)–C–C–N with tert-alkyl or cyclic N) is 1. The van der Waals surface area contributed by atoms with Crippen LogP contribution < -0.4 is 5.32 Å². The summed E-state index contributed by atoms with van der Waals surface area (Å²) in [5.74, 6) is 0. The average Bonchev–Trinajstić information content (AvgIpc) is 2.48. The highest BCUT2D eigenvalue weighted by Gasteiger charge is 2.41. The molecule has 2 N–H and O–H groups in total. The van der Waals surface area contributed by atoms with Crippen molar-refractivity contribution in [1.82, 2.24) is 10.2 Å². The normalized spacial score (nSPS) is 21.0. The van der Waals surface area contributed by atoms with Crippen molar-refractivity contribution in [2.45, 2.75) is 70.6 Å². The molecule has 1 fully saturated rings. The molecule has 0 spiro atoms. The average molecular weight is 355 g/mol. The zero-order valence-electron chi connectivity index (χ0n) is 15.7. The minimum Gasteiger partial charge on any atom is -0.390 e. The van der Waals surface area contributed by atoms with Gasteiger partial charge < -0.3 is 10.4 Å². The molecule has 0 saturated carbocycles. The van der Waals surface area contributed by atoms with E-state index in [4.69, 9.17) is 0 Å². The van der Waals surface area contributed by atoms with Crippen molar-refractivity contribution in [3.63, 3.8) is 0 Å². The summed E-state index contributed by atoms with van der Waals surface area (Å²) in [6.45, 7) is 11.6. The Kier molecular flexibility index (Phi) is 8.21. The Bertz CT molecular complexity index is 460. The summed E-state index contributed by atoms with van der Waals surface area (Å²) < 4.78 is 0. The highest BCUT2D eigenvalue weighted by molar-refractivity contribution is 5.85. The first-order valence-corrected chi connectivity index (χ1v) is 9.02. The molecule has 0 amide bonds. The summed E-state index contributed by atoms with van der Waals surface area (Å²) in [6, 6.07) is 10.5. The minimum absolute atomic E-state index is 0. The van der Waals surface area contributed by atoms with Crippen LogP contribution in [0.25, 0.3) is 0 Å². The van der Waals surface area contributed by atoms with Crippen molar-refractivity contribution in [3.05, 3.63) is 35.9 Å². The quantitative estimate of drug-likeness (QED) is 0.734. The smallest absolute Gasteiger partial charge is 0.0791 e. The lowest BCUT2D eigenvalue weighted by Crippen LogP contribution is -2.61. The van der Waals surface area contributed by atoms with Crippen LogP contribution in [0.5, 0.6) is 0 Å². The first-order chi connectivity index (χ1) is 10.8. The lowest BCUT2D eigenvalue weighted by atomic mass is 9.79. The number of hydrogen-bond acceptors (Lipinski definition) is 3. The van der Waals surface area contributed by atoms with Gasteiger partial charge in [-0.3, -0.25) is 4.90 Å². The summed E-state index contributed by atoms with van der Waals surface area (Å²) in [4.78, 5) is 2.51. The molecule has 1 aliphatic heterocycles. The molecule has 138 valence electrons. The maximum absolute atomic E-state index is 10.5. The largest absolute Gasteiger partial charge is 0.390 e. The number of halogens is 1. The van der Waals surface area contributed by atoms with E-state index in [9.17, 15) is 5.11 Å². The van der Waals surface area contributed by atoms with Crippen molar-refractivity contribution in [1.29, 1.82) is 0 Å². The van der Waals surface area contributed by atoms with E-state index in [1.165, 1.54) is 24.8 Å². The van der Waals surface area contributed by atoms with E-state index in [1.807, 2.05) is 6.07 Å². The number of hydrogen-bond donors (Lipinski definition) is 2. The van der Waals surface area contributed by atoms with Crippen LogP contribution in [0.3, 0.4) is 0 Å². The molecule has 1 aliphatic rings. The first kappa shape index (κ1) is 21.4. The number of nitrogens with one attached hydrogen (secondary N) is 1. The van der Waals surface area contributed by atoms with Crippen LogP contribution in [-0.2, 0) is 6.42 Å². The summed E-state index contributed by atoms with van der Waals surface area (Å²) in [7, 11) is 0. The predicted molar refractivity (Wildman–Crippen MR) is 105 cm³/mol. The Balaban J connectivity index is 0.00000288. The summed E-state index contributed by atoms with van der Waals surface area (Å²) in [6.07, 6.45) is 4.40. The van der Waals surface area contributed by atoms with Gasteiger partial charge in [-0.2, -0.15) is 0 Å². The number of benzene rings is 1. The Morgan fingerprint density at radius 1 is 1.08 bits per heavy atom. The molecule has 1 unspecified atom stereocenters. The second-order valence-corrected chi connectivity index (χ2v) is 8.18. The van der Waals surface area contributed by atoms with Gasteiger partial charge in [-0.05, 0) is 65.5 Å². The predicted octanol–water partition coefficient (Wildman–Crippen LogP) is 3.64. The zero-order valence-corrected chi connectivity index (χ0v) is 16.5. The number of rotatable bonds is 7. The van der Waals surface area contributed by atoms with Gasteiger partial charge in [0.2, 0.25) is 0 Å². The Morgan fingerprint density at radius 3 is 2.25 bits per heavy atom. The molecule has 24 heavy (non-hydrogen) atoms. The number of likely N-dealkylation sites (tertiary alicyclic amines) is 1. The van der Waals surface area contributed by atoms with E-state index in [0.717, 1.165) is 19.5 Å². The SMILES string of the molecule is CC1(C)CCCC(C)(C)N1CC(O)CNCCc1ccccc1.Cl. The van der Waals surface area contributed by atoms with E-state index in [-0.39, 0.29) is 29.6 Å². The van der Waals surface area contributed by atoms with Gasteiger partial charge in [-0.25, -0.2) is 0 Å². The topological polar surface area (TPSA) is 35.5 Å². The first-order valence-electron chi connectivity index (χ1n) is 9.02.